The Kier molecular flexibility index (Phi) is 9.01. The zero-order valence-corrected chi connectivity index (χ0v) is 18.6. The lowest BCUT2D eigenvalue weighted by atomic mass is 10.0. The highest BCUT2D eigenvalue weighted by Crippen LogP contribution is 2.35. The number of alkyl halides is 6. The first-order valence-corrected chi connectivity index (χ1v) is 10.1. The molecule has 0 aromatic carbocycles. The molecule has 2 aliphatic rings. The van der Waals surface area contributed by atoms with Gasteiger partial charge in [-0.05, 0) is 12.1 Å². The van der Waals surface area contributed by atoms with Gasteiger partial charge in [-0.2, -0.15) is 26.3 Å². The Labute approximate surface area is 199 Å². The number of carbonyl (C=O) groups excluding carboxylic acids is 1. The summed E-state index contributed by atoms with van der Waals surface area (Å²) in [7, 11) is 2.01. The Bertz CT molecular complexity index is 1040. The maximum atomic E-state index is 12.7. The molecule has 2 aliphatic heterocycles. The summed E-state index contributed by atoms with van der Waals surface area (Å²) in [5.41, 5.74) is 0.914. The van der Waals surface area contributed by atoms with Crippen LogP contribution in [-0.2, 0) is 28.0 Å². The summed E-state index contributed by atoms with van der Waals surface area (Å²) in [4.78, 5) is 43.2. The molecule has 2 N–H and O–H groups in total. The van der Waals surface area contributed by atoms with Crippen molar-refractivity contribution >= 4 is 23.5 Å². The number of imidazole rings is 1. The van der Waals surface area contributed by atoms with Crippen LogP contribution in [0.15, 0.2) is 36.9 Å². The van der Waals surface area contributed by atoms with Gasteiger partial charge in [-0.15, -0.1) is 0 Å². The molecule has 198 valence electrons. The molecule has 2 fully saturated rings. The highest BCUT2D eigenvalue weighted by atomic mass is 19.4. The van der Waals surface area contributed by atoms with Gasteiger partial charge < -0.3 is 19.7 Å². The van der Waals surface area contributed by atoms with Crippen molar-refractivity contribution in [3.05, 3.63) is 42.7 Å². The Hall–Kier alpha value is -3.69. The number of likely N-dealkylation sites (tertiary alicyclic amines) is 1. The summed E-state index contributed by atoms with van der Waals surface area (Å²) in [6.45, 7) is 3.40. The number of carboxylic acids is 2. The first-order chi connectivity index (χ1) is 16.6. The van der Waals surface area contributed by atoms with Crippen LogP contribution in [0, 0.1) is 11.8 Å². The predicted molar refractivity (Wildman–Crippen MR) is 109 cm³/mol. The first kappa shape index (κ1) is 28.5. The maximum absolute atomic E-state index is 12.7. The van der Waals surface area contributed by atoms with Crippen molar-refractivity contribution in [3.63, 3.8) is 0 Å². The lowest BCUT2D eigenvalue weighted by Crippen LogP contribution is -2.33. The number of carboxylic acid groups (broad SMARTS) is 2. The first-order valence-electron chi connectivity index (χ1n) is 10.1. The molecule has 2 saturated heterocycles. The number of nitrogens with zero attached hydrogens (tertiary/aromatic N) is 5. The topological polar surface area (TPSA) is 129 Å². The van der Waals surface area contributed by atoms with Crippen LogP contribution in [0.5, 0.6) is 0 Å². The Morgan fingerprint density at radius 2 is 1.61 bits per heavy atom. The number of pyridine rings is 1. The monoisotopic (exact) mass is 525 g/mol. The van der Waals surface area contributed by atoms with E-state index in [-0.39, 0.29) is 11.8 Å². The molecule has 0 radical (unpaired) electrons. The van der Waals surface area contributed by atoms with Gasteiger partial charge in [-0.1, -0.05) is 0 Å². The molecule has 16 heteroatoms. The molecule has 2 aromatic rings. The van der Waals surface area contributed by atoms with Crippen molar-refractivity contribution in [2.75, 3.05) is 24.5 Å². The number of halogens is 6. The lowest BCUT2D eigenvalue weighted by Gasteiger charge is -2.21. The van der Waals surface area contributed by atoms with E-state index in [1.165, 1.54) is 0 Å². The minimum absolute atomic E-state index is 0.112. The number of carbonyl (C=O) groups is 3. The molecule has 36 heavy (non-hydrogen) atoms. The summed E-state index contributed by atoms with van der Waals surface area (Å²) in [5, 5.41) is 14.2. The number of rotatable bonds is 3. The van der Waals surface area contributed by atoms with Crippen LogP contribution >= 0.6 is 0 Å². The number of aromatic nitrogens is 3. The lowest BCUT2D eigenvalue weighted by molar-refractivity contribution is -0.193. The minimum Gasteiger partial charge on any atom is -0.475 e. The summed E-state index contributed by atoms with van der Waals surface area (Å²) < 4.78 is 65.5. The number of hydrogen-bond donors (Lipinski definition) is 2. The molecule has 0 bridgehead atoms. The number of aliphatic carboxylic acids is 2. The average molecular weight is 525 g/mol. The fourth-order valence-corrected chi connectivity index (χ4v) is 3.57. The maximum Gasteiger partial charge on any atom is 0.490 e. The molecule has 2 atom stereocenters. The van der Waals surface area contributed by atoms with Crippen LogP contribution in [0.4, 0.5) is 32.0 Å². The number of hydrogen-bond acceptors (Lipinski definition) is 6. The van der Waals surface area contributed by atoms with Gasteiger partial charge in [0, 0.05) is 51.2 Å². The number of anilines is 1. The predicted octanol–water partition coefficient (Wildman–Crippen LogP) is 2.18. The third-order valence-corrected chi connectivity index (χ3v) is 5.25. The van der Waals surface area contributed by atoms with E-state index in [1.807, 2.05) is 41.0 Å². The molecular formula is C20H21F6N5O5. The van der Waals surface area contributed by atoms with E-state index >= 15 is 0 Å². The van der Waals surface area contributed by atoms with E-state index in [9.17, 15) is 31.1 Å². The van der Waals surface area contributed by atoms with Crippen LogP contribution in [0.1, 0.15) is 5.82 Å². The molecule has 0 saturated carbocycles. The number of aryl methyl sites for hydroxylation is 1. The highest BCUT2D eigenvalue weighted by molar-refractivity contribution is 5.97. The SMILES string of the molecule is Cn1ccnc1CN1C[C@H]2CN(c3cccnc3)C(=O)[C@H]2C1.O=C(O)C(F)(F)F.O=C(O)C(F)(F)F. The van der Waals surface area contributed by atoms with Crippen molar-refractivity contribution in [2.45, 2.75) is 18.9 Å². The van der Waals surface area contributed by atoms with Crippen molar-refractivity contribution in [1.82, 2.24) is 19.4 Å². The zero-order chi connectivity index (χ0) is 27.3. The van der Waals surface area contributed by atoms with Gasteiger partial charge in [0.2, 0.25) is 5.91 Å². The third kappa shape index (κ3) is 7.66. The van der Waals surface area contributed by atoms with E-state index in [1.54, 1.807) is 12.4 Å². The Balaban J connectivity index is 0.000000271. The van der Waals surface area contributed by atoms with E-state index in [0.717, 1.165) is 37.7 Å². The fraction of sp³-hybridized carbons (Fsp3) is 0.450. The van der Waals surface area contributed by atoms with Crippen molar-refractivity contribution < 1.29 is 50.9 Å². The largest absolute Gasteiger partial charge is 0.490 e. The highest BCUT2D eigenvalue weighted by Gasteiger charge is 2.46. The third-order valence-electron chi connectivity index (χ3n) is 5.25. The zero-order valence-electron chi connectivity index (χ0n) is 18.6. The summed E-state index contributed by atoms with van der Waals surface area (Å²) >= 11 is 0. The normalized spacial score (nSPS) is 19.6. The summed E-state index contributed by atoms with van der Waals surface area (Å²) in [5.74, 6) is -3.70. The van der Waals surface area contributed by atoms with Gasteiger partial charge >= 0.3 is 24.3 Å². The second kappa shape index (κ2) is 11.4. The fourth-order valence-electron chi connectivity index (χ4n) is 3.57. The molecule has 1 amide bonds. The summed E-state index contributed by atoms with van der Waals surface area (Å²) in [6, 6.07) is 3.84. The molecule has 0 spiro atoms. The second-order valence-electron chi connectivity index (χ2n) is 7.78. The van der Waals surface area contributed by atoms with Crippen LogP contribution in [0.25, 0.3) is 0 Å². The van der Waals surface area contributed by atoms with Gasteiger partial charge in [0.15, 0.2) is 0 Å². The van der Waals surface area contributed by atoms with Crippen molar-refractivity contribution in [1.29, 1.82) is 0 Å². The number of amides is 1. The van der Waals surface area contributed by atoms with Crippen molar-refractivity contribution in [2.24, 2.45) is 18.9 Å². The van der Waals surface area contributed by atoms with E-state index in [0.29, 0.717) is 5.92 Å². The standard InChI is InChI=1S/C16H19N5O.2C2HF3O2/c1-19-6-5-18-15(19)11-20-8-12-9-21(16(22)14(12)10-20)13-3-2-4-17-7-13;2*3-2(4,5)1(6)7/h2-7,12,14H,8-11H2,1H3;2*(H,6,7)/t12-,14-;;/m0../s1. The molecule has 0 aliphatic carbocycles. The van der Waals surface area contributed by atoms with Gasteiger partial charge in [-0.3, -0.25) is 14.7 Å². The molecular weight excluding hydrogens is 504 g/mol. The minimum atomic E-state index is -5.08. The molecule has 10 nitrogen and oxygen atoms in total. The van der Waals surface area contributed by atoms with Crippen LogP contribution in [0.2, 0.25) is 0 Å². The Morgan fingerprint density at radius 1 is 1.03 bits per heavy atom. The van der Waals surface area contributed by atoms with Gasteiger partial charge in [-0.25, -0.2) is 14.6 Å². The Morgan fingerprint density at radius 3 is 2.03 bits per heavy atom. The van der Waals surface area contributed by atoms with Crippen LogP contribution < -0.4 is 4.90 Å². The van der Waals surface area contributed by atoms with Gasteiger partial charge in [0.05, 0.1) is 24.3 Å². The van der Waals surface area contributed by atoms with E-state index in [2.05, 4.69) is 14.9 Å². The summed E-state index contributed by atoms with van der Waals surface area (Å²) in [6.07, 6.45) is -2.88. The quantitative estimate of drug-likeness (QED) is 0.584. The van der Waals surface area contributed by atoms with E-state index < -0.39 is 24.3 Å². The second-order valence-corrected chi connectivity index (χ2v) is 7.78. The van der Waals surface area contributed by atoms with Crippen LogP contribution in [-0.4, -0.2) is 79.5 Å². The van der Waals surface area contributed by atoms with Gasteiger partial charge in [0.1, 0.15) is 5.82 Å². The van der Waals surface area contributed by atoms with E-state index in [4.69, 9.17) is 19.8 Å². The smallest absolute Gasteiger partial charge is 0.475 e. The van der Waals surface area contributed by atoms with Gasteiger partial charge in [0.25, 0.3) is 0 Å². The molecule has 2 aromatic heterocycles. The molecule has 4 heterocycles. The number of fused-ring (bicyclic) bond motifs is 1. The molecule has 0 unspecified atom stereocenters. The van der Waals surface area contributed by atoms with Crippen molar-refractivity contribution in [3.8, 4) is 0 Å². The average Bonchev–Trinajstić information content (AvgIpc) is 3.45. The molecule has 4 rings (SSSR count). The van der Waals surface area contributed by atoms with Crippen LogP contribution in [0.3, 0.4) is 0 Å².